The van der Waals surface area contributed by atoms with Crippen LogP contribution in [0.4, 0.5) is 5.13 Å². The highest BCUT2D eigenvalue weighted by Gasteiger charge is 2.27. The largest absolute Gasteiger partial charge is 0.474 e. The Kier molecular flexibility index (Phi) is 8.38. The van der Waals surface area contributed by atoms with E-state index in [0.717, 1.165) is 42.4 Å². The zero-order valence-corrected chi connectivity index (χ0v) is 22.8. The fourth-order valence-electron chi connectivity index (χ4n) is 4.18. The van der Waals surface area contributed by atoms with Crippen LogP contribution >= 0.6 is 11.3 Å². The van der Waals surface area contributed by atoms with Crippen LogP contribution in [0.2, 0.25) is 0 Å². The number of hydrogen-bond donors (Lipinski definition) is 1. The minimum Gasteiger partial charge on any atom is -0.474 e. The van der Waals surface area contributed by atoms with Crippen LogP contribution in [0.5, 0.6) is 11.5 Å². The lowest BCUT2D eigenvalue weighted by molar-refractivity contribution is 0.0378. The van der Waals surface area contributed by atoms with E-state index in [-0.39, 0.29) is 17.6 Å². The normalized spacial score (nSPS) is 15.7. The lowest BCUT2D eigenvalue weighted by Gasteiger charge is -2.34. The van der Waals surface area contributed by atoms with Gasteiger partial charge < -0.3 is 24.4 Å². The maximum absolute atomic E-state index is 12.9. The van der Waals surface area contributed by atoms with E-state index in [0.29, 0.717) is 28.8 Å². The van der Waals surface area contributed by atoms with Gasteiger partial charge in [-0.05, 0) is 83.5 Å². The van der Waals surface area contributed by atoms with Crippen LogP contribution in [0.25, 0.3) is 11.3 Å². The number of esters is 1. The van der Waals surface area contributed by atoms with Crippen molar-refractivity contribution in [3.63, 3.8) is 0 Å². The van der Waals surface area contributed by atoms with E-state index in [1.54, 1.807) is 0 Å². The molecule has 1 saturated heterocycles. The summed E-state index contributed by atoms with van der Waals surface area (Å²) in [6.07, 6.45) is 2.00. The second-order valence-corrected chi connectivity index (χ2v) is 10.9. The first-order chi connectivity index (χ1) is 17.7. The Balaban J connectivity index is 1.53. The summed E-state index contributed by atoms with van der Waals surface area (Å²) in [5.41, 5.74) is 1.16. The molecule has 0 amide bonds. The predicted octanol–water partition coefficient (Wildman–Crippen LogP) is 6.62. The molecule has 2 heterocycles. The van der Waals surface area contributed by atoms with E-state index < -0.39 is 0 Å². The third-order valence-electron chi connectivity index (χ3n) is 5.67. The number of aromatic nitrogens is 1. The lowest BCUT2D eigenvalue weighted by Crippen LogP contribution is -2.46. The molecule has 0 spiro atoms. The first-order valence-electron chi connectivity index (χ1n) is 12.6. The predicted molar refractivity (Wildman–Crippen MR) is 148 cm³/mol. The van der Waals surface area contributed by atoms with E-state index in [1.165, 1.54) is 11.3 Å². The highest BCUT2D eigenvalue weighted by molar-refractivity contribution is 7.17. The number of nitrogens with zero attached hydrogens (tertiary/aromatic N) is 2. The standard InChI is InChI=1S/C29H35N3O4S/c1-6-34-27(33)26-25(21-14-16-24(17-15-21)35-23-12-8-7-9-13-23)31-28(37-26)32-18-10-11-22(19-32)30-20(2)36-29(3,4)5/h7-9,12-17,22,30H,2,6,10-11,18-19H2,1,3-5H3/t22-/m1/s1. The maximum atomic E-state index is 12.9. The van der Waals surface area contributed by atoms with Gasteiger partial charge in [-0.25, -0.2) is 9.78 Å². The minimum absolute atomic E-state index is 0.177. The van der Waals surface area contributed by atoms with Crippen molar-refractivity contribution in [2.75, 3.05) is 24.6 Å². The van der Waals surface area contributed by atoms with Crippen molar-refractivity contribution in [3.8, 4) is 22.8 Å². The molecule has 1 atom stereocenters. The summed E-state index contributed by atoms with van der Waals surface area (Å²) in [4.78, 5) is 20.5. The highest BCUT2D eigenvalue weighted by Crippen LogP contribution is 2.36. The van der Waals surface area contributed by atoms with Gasteiger partial charge in [0.15, 0.2) is 11.0 Å². The number of ether oxygens (including phenoxy) is 3. The Bertz CT molecular complexity index is 1200. The zero-order chi connectivity index (χ0) is 26.4. The molecule has 1 N–H and O–H groups in total. The summed E-state index contributed by atoms with van der Waals surface area (Å²) in [6, 6.07) is 17.4. The average Bonchev–Trinajstić information content (AvgIpc) is 3.30. The summed E-state index contributed by atoms with van der Waals surface area (Å²) < 4.78 is 17.1. The molecule has 2 aromatic carbocycles. The van der Waals surface area contributed by atoms with Gasteiger partial charge in [-0.15, -0.1) is 0 Å². The number of anilines is 1. The molecule has 0 saturated carbocycles. The summed E-state index contributed by atoms with van der Waals surface area (Å²) in [5, 5.41) is 4.21. The molecule has 37 heavy (non-hydrogen) atoms. The fraction of sp³-hybridized carbons (Fsp3) is 0.379. The highest BCUT2D eigenvalue weighted by atomic mass is 32.1. The number of para-hydroxylation sites is 1. The smallest absolute Gasteiger partial charge is 0.350 e. The Labute approximate surface area is 223 Å². The molecule has 1 aliphatic heterocycles. The second kappa shape index (κ2) is 11.7. The van der Waals surface area contributed by atoms with Gasteiger partial charge in [0, 0.05) is 24.7 Å². The third-order valence-corrected chi connectivity index (χ3v) is 6.77. The topological polar surface area (TPSA) is 72.9 Å². The molecule has 1 aromatic heterocycles. The zero-order valence-electron chi connectivity index (χ0n) is 22.0. The lowest BCUT2D eigenvalue weighted by atomic mass is 10.1. The molecule has 0 bridgehead atoms. The number of benzene rings is 2. The van der Waals surface area contributed by atoms with Crippen LogP contribution in [0.3, 0.4) is 0 Å². The number of hydrogen-bond acceptors (Lipinski definition) is 8. The van der Waals surface area contributed by atoms with Crippen molar-refractivity contribution in [2.24, 2.45) is 0 Å². The molecule has 0 unspecified atom stereocenters. The van der Waals surface area contributed by atoms with Crippen LogP contribution in [0.15, 0.2) is 67.1 Å². The number of rotatable bonds is 9. The second-order valence-electron chi connectivity index (χ2n) is 9.90. The molecule has 1 fully saturated rings. The Hall–Kier alpha value is -3.52. The first-order valence-corrected chi connectivity index (χ1v) is 13.4. The van der Waals surface area contributed by atoms with Crippen molar-refractivity contribution >= 4 is 22.4 Å². The fourth-order valence-corrected chi connectivity index (χ4v) is 5.19. The van der Waals surface area contributed by atoms with Gasteiger partial charge in [0.05, 0.1) is 12.3 Å². The van der Waals surface area contributed by atoms with Gasteiger partial charge in [-0.3, -0.25) is 0 Å². The Morgan fingerprint density at radius 3 is 2.51 bits per heavy atom. The number of piperidine rings is 1. The van der Waals surface area contributed by atoms with Gasteiger partial charge >= 0.3 is 5.97 Å². The van der Waals surface area contributed by atoms with Gasteiger partial charge in [0.25, 0.3) is 0 Å². The van der Waals surface area contributed by atoms with Crippen LogP contribution in [-0.4, -0.2) is 42.3 Å². The number of nitrogens with one attached hydrogen (secondary N) is 1. The van der Waals surface area contributed by atoms with Gasteiger partial charge in [-0.1, -0.05) is 29.5 Å². The van der Waals surface area contributed by atoms with Crippen molar-refractivity contribution < 1.29 is 19.0 Å². The van der Waals surface area contributed by atoms with Crippen molar-refractivity contribution in [1.29, 1.82) is 0 Å². The van der Waals surface area contributed by atoms with Gasteiger partial charge in [0.2, 0.25) is 0 Å². The summed E-state index contributed by atoms with van der Waals surface area (Å²) in [5.74, 6) is 1.70. The van der Waals surface area contributed by atoms with Crippen molar-refractivity contribution in [3.05, 3.63) is 71.9 Å². The Morgan fingerprint density at radius 2 is 1.84 bits per heavy atom. The molecular formula is C29H35N3O4S. The van der Waals surface area contributed by atoms with Crippen molar-refractivity contribution in [1.82, 2.24) is 10.3 Å². The first kappa shape index (κ1) is 26.5. The molecule has 4 rings (SSSR count). The van der Waals surface area contributed by atoms with Crippen LogP contribution in [0, 0.1) is 0 Å². The van der Waals surface area contributed by atoms with E-state index in [9.17, 15) is 4.79 Å². The molecule has 8 heteroatoms. The summed E-state index contributed by atoms with van der Waals surface area (Å²) >= 11 is 1.37. The number of thiazole rings is 1. The van der Waals surface area contributed by atoms with E-state index in [4.69, 9.17) is 19.2 Å². The number of carbonyl (C=O) groups excluding carboxylic acids is 1. The van der Waals surface area contributed by atoms with E-state index in [1.807, 2.05) is 82.3 Å². The number of carbonyl (C=O) groups is 1. The van der Waals surface area contributed by atoms with Crippen molar-refractivity contribution in [2.45, 2.75) is 52.2 Å². The SMILES string of the molecule is C=C(N[C@@H]1CCCN(c2nc(-c3ccc(Oc4ccccc4)cc3)c(C(=O)OCC)s2)C1)OC(C)(C)C. The van der Waals surface area contributed by atoms with E-state index >= 15 is 0 Å². The summed E-state index contributed by atoms with van der Waals surface area (Å²) in [6.45, 7) is 13.8. The van der Waals surface area contributed by atoms with Gasteiger partial charge in [0.1, 0.15) is 22.0 Å². The molecule has 196 valence electrons. The molecule has 0 radical (unpaired) electrons. The van der Waals surface area contributed by atoms with Gasteiger partial charge in [-0.2, -0.15) is 0 Å². The van der Waals surface area contributed by atoms with Crippen LogP contribution in [0.1, 0.15) is 50.2 Å². The molecule has 3 aromatic rings. The molecule has 0 aliphatic carbocycles. The van der Waals surface area contributed by atoms with Crippen LogP contribution in [-0.2, 0) is 9.47 Å². The van der Waals surface area contributed by atoms with Crippen LogP contribution < -0.4 is 15.0 Å². The monoisotopic (exact) mass is 521 g/mol. The average molecular weight is 522 g/mol. The Morgan fingerprint density at radius 1 is 1.14 bits per heavy atom. The summed E-state index contributed by atoms with van der Waals surface area (Å²) in [7, 11) is 0. The quantitative estimate of drug-likeness (QED) is 0.250. The minimum atomic E-state index is -0.357. The molecular weight excluding hydrogens is 486 g/mol. The van der Waals surface area contributed by atoms with E-state index in [2.05, 4.69) is 16.8 Å². The maximum Gasteiger partial charge on any atom is 0.350 e. The third kappa shape index (κ3) is 7.26. The molecule has 7 nitrogen and oxygen atoms in total. The molecule has 1 aliphatic rings.